The second kappa shape index (κ2) is 7.62. The lowest BCUT2D eigenvalue weighted by Gasteiger charge is -2.25. The van der Waals surface area contributed by atoms with Crippen LogP contribution in [-0.4, -0.2) is 50.6 Å². The summed E-state index contributed by atoms with van der Waals surface area (Å²) in [5.74, 6) is 2.44. The highest BCUT2D eigenvalue weighted by Gasteiger charge is 2.32. The van der Waals surface area contributed by atoms with Crippen molar-refractivity contribution in [3.63, 3.8) is 0 Å². The van der Waals surface area contributed by atoms with E-state index in [4.69, 9.17) is 0 Å². The number of likely N-dealkylation sites (N-methyl/N-ethyl adjacent to an activating group) is 1. The molecule has 1 fully saturated rings. The fourth-order valence-electron chi connectivity index (χ4n) is 2.07. The summed E-state index contributed by atoms with van der Waals surface area (Å²) in [6.45, 7) is 9.28. The van der Waals surface area contributed by atoms with E-state index in [1.54, 1.807) is 0 Å². The van der Waals surface area contributed by atoms with Crippen LogP contribution in [0, 0.1) is 11.8 Å². The molecule has 1 aliphatic carbocycles. The van der Waals surface area contributed by atoms with Crippen LogP contribution in [0.1, 0.15) is 33.6 Å². The van der Waals surface area contributed by atoms with Crippen molar-refractivity contribution in [1.82, 2.24) is 15.5 Å². The highest BCUT2D eigenvalue weighted by molar-refractivity contribution is 5.79. The third-order valence-corrected chi connectivity index (χ3v) is 3.27. The van der Waals surface area contributed by atoms with E-state index in [-0.39, 0.29) is 0 Å². The van der Waals surface area contributed by atoms with Crippen LogP contribution in [0.5, 0.6) is 0 Å². The molecule has 1 saturated carbocycles. The van der Waals surface area contributed by atoms with Gasteiger partial charge >= 0.3 is 0 Å². The molecule has 1 atom stereocenters. The maximum absolute atomic E-state index is 4.60. The number of hydrogen-bond donors (Lipinski definition) is 2. The van der Waals surface area contributed by atoms with Gasteiger partial charge in [-0.2, -0.15) is 0 Å². The summed E-state index contributed by atoms with van der Waals surface area (Å²) in [7, 11) is 4.34. The predicted molar refractivity (Wildman–Crippen MR) is 79.0 cm³/mol. The van der Waals surface area contributed by atoms with Gasteiger partial charge in [-0.1, -0.05) is 13.8 Å². The third kappa shape index (κ3) is 5.71. The Bertz CT molecular complexity index is 255. The molecule has 1 unspecified atom stereocenters. The molecule has 0 aromatic heterocycles. The van der Waals surface area contributed by atoms with Gasteiger partial charge in [-0.15, -0.1) is 0 Å². The molecule has 106 valence electrons. The van der Waals surface area contributed by atoms with Crippen LogP contribution in [0.25, 0.3) is 0 Å². The summed E-state index contributed by atoms with van der Waals surface area (Å²) < 4.78 is 0. The topological polar surface area (TPSA) is 39.7 Å². The van der Waals surface area contributed by atoms with E-state index < -0.39 is 0 Å². The van der Waals surface area contributed by atoms with Gasteiger partial charge in [0.15, 0.2) is 5.96 Å². The third-order valence-electron chi connectivity index (χ3n) is 3.27. The van der Waals surface area contributed by atoms with E-state index in [2.05, 4.69) is 55.4 Å². The van der Waals surface area contributed by atoms with Crippen molar-refractivity contribution in [3.8, 4) is 0 Å². The van der Waals surface area contributed by atoms with Gasteiger partial charge in [0, 0.05) is 25.7 Å². The van der Waals surface area contributed by atoms with Gasteiger partial charge in [0.1, 0.15) is 0 Å². The lowest BCUT2D eigenvalue weighted by Crippen LogP contribution is -2.46. The number of hydrogen-bond acceptors (Lipinski definition) is 2. The van der Waals surface area contributed by atoms with E-state index in [1.165, 1.54) is 12.8 Å². The number of nitrogens with zero attached hydrogens (tertiary/aromatic N) is 2. The van der Waals surface area contributed by atoms with Gasteiger partial charge in [-0.25, -0.2) is 0 Å². The van der Waals surface area contributed by atoms with Gasteiger partial charge in [-0.05, 0) is 45.7 Å². The lowest BCUT2D eigenvalue weighted by molar-refractivity contribution is 0.264. The minimum absolute atomic E-state index is 0.605. The molecular weight excluding hydrogens is 224 g/mol. The quantitative estimate of drug-likeness (QED) is 0.535. The fraction of sp³-hybridized carbons (Fsp3) is 0.929. The molecule has 0 bridgehead atoms. The summed E-state index contributed by atoms with van der Waals surface area (Å²) in [6, 6.07) is 0.632. The van der Waals surface area contributed by atoms with E-state index in [0.29, 0.717) is 12.0 Å². The summed E-state index contributed by atoms with van der Waals surface area (Å²) in [6.07, 6.45) is 2.76. The normalized spacial score (nSPS) is 18.3. The molecule has 0 saturated heterocycles. The average Bonchev–Trinajstić information content (AvgIpc) is 3.09. The molecular formula is C14H30N4. The standard InChI is InChI=1S/C14H30N4/c1-6-15-14(16-9-11(2)3)17-10-13(18(4)5)12-7-8-12/h11-13H,6-10H2,1-5H3,(H2,15,16,17). The van der Waals surface area contributed by atoms with Crippen LogP contribution in [0.2, 0.25) is 0 Å². The summed E-state index contributed by atoms with van der Waals surface area (Å²) >= 11 is 0. The van der Waals surface area contributed by atoms with Crippen LogP contribution in [0.15, 0.2) is 4.99 Å². The van der Waals surface area contributed by atoms with Gasteiger partial charge in [0.2, 0.25) is 0 Å². The van der Waals surface area contributed by atoms with Crippen molar-refractivity contribution in [2.75, 3.05) is 33.7 Å². The zero-order valence-corrected chi connectivity index (χ0v) is 12.7. The molecule has 18 heavy (non-hydrogen) atoms. The fourth-order valence-corrected chi connectivity index (χ4v) is 2.07. The maximum Gasteiger partial charge on any atom is 0.191 e. The molecule has 1 aliphatic rings. The first-order chi connectivity index (χ1) is 8.54. The average molecular weight is 254 g/mol. The van der Waals surface area contributed by atoms with E-state index >= 15 is 0 Å². The Hall–Kier alpha value is -0.770. The molecule has 1 rings (SSSR count). The maximum atomic E-state index is 4.60. The Morgan fingerprint density at radius 3 is 2.39 bits per heavy atom. The Kier molecular flexibility index (Phi) is 6.47. The SMILES string of the molecule is CCNC(=NCC(C)C)NCC(C1CC1)N(C)C. The largest absolute Gasteiger partial charge is 0.357 e. The number of aliphatic imine (C=N–C) groups is 1. The lowest BCUT2D eigenvalue weighted by atomic mass is 10.1. The van der Waals surface area contributed by atoms with Crippen molar-refractivity contribution in [2.24, 2.45) is 16.8 Å². The van der Waals surface area contributed by atoms with Gasteiger partial charge < -0.3 is 15.5 Å². The van der Waals surface area contributed by atoms with Gasteiger partial charge in [0.25, 0.3) is 0 Å². The molecule has 2 N–H and O–H groups in total. The minimum Gasteiger partial charge on any atom is -0.357 e. The van der Waals surface area contributed by atoms with E-state index in [0.717, 1.165) is 31.5 Å². The first-order valence-electron chi connectivity index (χ1n) is 7.23. The van der Waals surface area contributed by atoms with Crippen molar-refractivity contribution < 1.29 is 0 Å². The second-order valence-corrected chi connectivity index (χ2v) is 5.86. The highest BCUT2D eigenvalue weighted by Crippen LogP contribution is 2.34. The molecule has 0 aromatic rings. The highest BCUT2D eigenvalue weighted by atomic mass is 15.2. The molecule has 0 amide bonds. The number of guanidine groups is 1. The van der Waals surface area contributed by atoms with Crippen molar-refractivity contribution in [2.45, 2.75) is 39.7 Å². The monoisotopic (exact) mass is 254 g/mol. The van der Waals surface area contributed by atoms with E-state index in [1.807, 2.05) is 0 Å². The molecule has 0 aromatic carbocycles. The Morgan fingerprint density at radius 1 is 1.28 bits per heavy atom. The molecule has 0 heterocycles. The van der Waals surface area contributed by atoms with Crippen molar-refractivity contribution >= 4 is 5.96 Å². The van der Waals surface area contributed by atoms with Crippen LogP contribution >= 0.6 is 0 Å². The van der Waals surface area contributed by atoms with Crippen molar-refractivity contribution in [1.29, 1.82) is 0 Å². The summed E-state index contributed by atoms with van der Waals surface area (Å²) in [5.41, 5.74) is 0. The molecule has 4 heteroatoms. The Morgan fingerprint density at radius 2 is 1.94 bits per heavy atom. The zero-order chi connectivity index (χ0) is 13.5. The van der Waals surface area contributed by atoms with Gasteiger partial charge in [-0.3, -0.25) is 4.99 Å². The summed E-state index contributed by atoms with van der Waals surface area (Å²) in [4.78, 5) is 6.93. The molecule has 0 spiro atoms. The molecule has 0 radical (unpaired) electrons. The van der Waals surface area contributed by atoms with Crippen molar-refractivity contribution in [3.05, 3.63) is 0 Å². The predicted octanol–water partition coefficient (Wildman–Crippen LogP) is 1.54. The van der Waals surface area contributed by atoms with Gasteiger partial charge in [0.05, 0.1) is 0 Å². The Balaban J connectivity index is 2.41. The first-order valence-corrected chi connectivity index (χ1v) is 7.23. The first kappa shape index (κ1) is 15.3. The smallest absolute Gasteiger partial charge is 0.191 e. The van der Waals surface area contributed by atoms with Crippen LogP contribution in [0.3, 0.4) is 0 Å². The number of nitrogens with one attached hydrogen (secondary N) is 2. The Labute approximate surface area is 112 Å². The zero-order valence-electron chi connectivity index (χ0n) is 12.7. The number of rotatable bonds is 7. The van der Waals surface area contributed by atoms with Crippen LogP contribution < -0.4 is 10.6 Å². The van der Waals surface area contributed by atoms with Crippen LogP contribution in [0.4, 0.5) is 0 Å². The van der Waals surface area contributed by atoms with Crippen LogP contribution in [-0.2, 0) is 0 Å². The summed E-state index contributed by atoms with van der Waals surface area (Å²) in [5, 5.41) is 6.79. The van der Waals surface area contributed by atoms with E-state index in [9.17, 15) is 0 Å². The second-order valence-electron chi connectivity index (χ2n) is 5.86. The molecule has 4 nitrogen and oxygen atoms in total. The minimum atomic E-state index is 0.605. The molecule has 0 aliphatic heterocycles.